The summed E-state index contributed by atoms with van der Waals surface area (Å²) in [5.41, 5.74) is -0.199. The molecule has 1 heterocycles. The predicted octanol–water partition coefficient (Wildman–Crippen LogP) is 2.37. The number of rotatable bonds is 4. The van der Waals surface area contributed by atoms with Crippen LogP contribution in [-0.4, -0.2) is 28.4 Å². The summed E-state index contributed by atoms with van der Waals surface area (Å²) < 4.78 is 26.6. The Balaban J connectivity index is 1.84. The maximum atomic E-state index is 13.6. The van der Waals surface area contributed by atoms with Crippen molar-refractivity contribution in [3.8, 4) is 0 Å². The van der Waals surface area contributed by atoms with Crippen LogP contribution in [0.15, 0.2) is 12.3 Å². The highest BCUT2D eigenvalue weighted by atomic mass is 19.2. The molecule has 18 heavy (non-hydrogen) atoms. The van der Waals surface area contributed by atoms with Gasteiger partial charge in [-0.05, 0) is 37.7 Å². The number of carbonyl (C=O) groups excluding carboxylic acids is 1. The molecule has 2 saturated carbocycles. The molecular formula is C13H14F2N2O. The molecule has 0 atom stereocenters. The fourth-order valence-corrected chi connectivity index (χ4v) is 2.10. The Morgan fingerprint density at radius 2 is 2.06 bits per heavy atom. The Kier molecular flexibility index (Phi) is 2.76. The lowest BCUT2D eigenvalue weighted by Gasteiger charge is -2.22. The molecule has 0 aliphatic heterocycles. The van der Waals surface area contributed by atoms with E-state index in [1.165, 1.54) is 6.07 Å². The molecule has 0 spiro atoms. The van der Waals surface area contributed by atoms with Gasteiger partial charge in [-0.2, -0.15) is 4.39 Å². The molecule has 1 aromatic heterocycles. The van der Waals surface area contributed by atoms with E-state index in [1.807, 2.05) is 0 Å². The lowest BCUT2D eigenvalue weighted by molar-refractivity contribution is 0.0728. The molecule has 0 bridgehead atoms. The van der Waals surface area contributed by atoms with Crippen molar-refractivity contribution in [1.82, 2.24) is 9.88 Å². The molecule has 96 valence electrons. The molecule has 0 N–H and O–H groups in total. The first kappa shape index (κ1) is 11.6. The summed E-state index contributed by atoms with van der Waals surface area (Å²) in [6.07, 6.45) is 5.32. The van der Waals surface area contributed by atoms with Crippen LogP contribution >= 0.6 is 0 Å². The molecular weight excluding hydrogens is 238 g/mol. The van der Waals surface area contributed by atoms with Gasteiger partial charge in [0.25, 0.3) is 5.91 Å². The van der Waals surface area contributed by atoms with E-state index in [0.717, 1.165) is 31.9 Å². The van der Waals surface area contributed by atoms with Gasteiger partial charge in [-0.25, -0.2) is 9.37 Å². The van der Waals surface area contributed by atoms with Gasteiger partial charge in [0, 0.05) is 18.8 Å². The van der Waals surface area contributed by atoms with E-state index in [-0.39, 0.29) is 11.6 Å². The molecule has 1 amide bonds. The van der Waals surface area contributed by atoms with Crippen LogP contribution in [0.25, 0.3) is 0 Å². The highest BCUT2D eigenvalue weighted by Crippen LogP contribution is 2.35. The number of hydrogen-bond acceptors (Lipinski definition) is 2. The second-order valence-electron chi connectivity index (χ2n) is 5.10. The van der Waals surface area contributed by atoms with Gasteiger partial charge in [-0.3, -0.25) is 4.79 Å². The van der Waals surface area contributed by atoms with Crippen molar-refractivity contribution in [2.45, 2.75) is 31.7 Å². The summed E-state index contributed by atoms with van der Waals surface area (Å²) in [6.45, 7) is 0.673. The Hall–Kier alpha value is -1.52. The highest BCUT2D eigenvalue weighted by Gasteiger charge is 2.37. The van der Waals surface area contributed by atoms with Gasteiger partial charge in [0.05, 0.1) is 5.56 Å². The van der Waals surface area contributed by atoms with Crippen molar-refractivity contribution >= 4 is 5.91 Å². The standard InChI is InChI=1S/C13H14F2N2O/c14-11-10(5-6-16-12(11)15)13(18)17(9-3-4-9)7-8-1-2-8/h5-6,8-9H,1-4,7H2. The first-order valence-electron chi connectivity index (χ1n) is 6.28. The molecule has 5 heteroatoms. The minimum atomic E-state index is -1.21. The van der Waals surface area contributed by atoms with E-state index in [0.29, 0.717) is 12.5 Å². The van der Waals surface area contributed by atoms with Gasteiger partial charge in [0.15, 0.2) is 5.82 Å². The number of hydrogen-bond donors (Lipinski definition) is 0. The maximum absolute atomic E-state index is 13.6. The fourth-order valence-electron chi connectivity index (χ4n) is 2.10. The quantitative estimate of drug-likeness (QED) is 0.771. The zero-order valence-electron chi connectivity index (χ0n) is 9.90. The Labute approximate surface area is 104 Å². The number of nitrogens with zero attached hydrogens (tertiary/aromatic N) is 2. The molecule has 3 rings (SSSR count). The SMILES string of the molecule is O=C(c1ccnc(F)c1F)N(CC1CC1)C1CC1. The number of aromatic nitrogens is 1. The van der Waals surface area contributed by atoms with E-state index < -0.39 is 17.7 Å². The largest absolute Gasteiger partial charge is 0.335 e. The van der Waals surface area contributed by atoms with Gasteiger partial charge in [0.1, 0.15) is 0 Å². The van der Waals surface area contributed by atoms with Crippen molar-refractivity contribution in [3.05, 3.63) is 29.6 Å². The first-order chi connectivity index (χ1) is 8.66. The Bertz CT molecular complexity index is 484. The third kappa shape index (κ3) is 2.21. The average molecular weight is 252 g/mol. The maximum Gasteiger partial charge on any atom is 0.257 e. The molecule has 0 aromatic carbocycles. The van der Waals surface area contributed by atoms with Crippen molar-refractivity contribution in [3.63, 3.8) is 0 Å². The Morgan fingerprint density at radius 1 is 1.33 bits per heavy atom. The van der Waals surface area contributed by atoms with Crippen LogP contribution < -0.4 is 0 Å². The van der Waals surface area contributed by atoms with Crippen molar-refractivity contribution in [2.75, 3.05) is 6.54 Å². The summed E-state index contributed by atoms with van der Waals surface area (Å²) in [7, 11) is 0. The minimum Gasteiger partial charge on any atom is -0.335 e. The van der Waals surface area contributed by atoms with E-state index >= 15 is 0 Å². The van der Waals surface area contributed by atoms with E-state index in [2.05, 4.69) is 4.98 Å². The summed E-state index contributed by atoms with van der Waals surface area (Å²) in [4.78, 5) is 17.2. The molecule has 2 aliphatic carbocycles. The zero-order valence-corrected chi connectivity index (χ0v) is 9.90. The van der Waals surface area contributed by atoms with Crippen LogP contribution in [-0.2, 0) is 0 Å². The number of halogens is 2. The lowest BCUT2D eigenvalue weighted by atomic mass is 10.2. The number of carbonyl (C=O) groups is 1. The molecule has 1 aromatic rings. The van der Waals surface area contributed by atoms with Crippen molar-refractivity contribution in [2.24, 2.45) is 5.92 Å². The van der Waals surface area contributed by atoms with Crippen molar-refractivity contribution in [1.29, 1.82) is 0 Å². The third-order valence-electron chi connectivity index (χ3n) is 3.48. The predicted molar refractivity (Wildman–Crippen MR) is 60.9 cm³/mol. The molecule has 0 saturated heterocycles. The van der Waals surface area contributed by atoms with Crippen LogP contribution in [0.3, 0.4) is 0 Å². The lowest BCUT2D eigenvalue weighted by Crippen LogP contribution is -2.35. The topological polar surface area (TPSA) is 33.2 Å². The second-order valence-corrected chi connectivity index (χ2v) is 5.10. The molecule has 3 nitrogen and oxygen atoms in total. The normalized spacial score (nSPS) is 18.8. The van der Waals surface area contributed by atoms with Gasteiger partial charge >= 0.3 is 0 Å². The second kappa shape index (κ2) is 4.30. The van der Waals surface area contributed by atoms with Crippen LogP contribution in [0.5, 0.6) is 0 Å². The first-order valence-corrected chi connectivity index (χ1v) is 6.28. The summed E-state index contributed by atoms with van der Waals surface area (Å²) in [5.74, 6) is -2.19. The van der Waals surface area contributed by atoms with Crippen LogP contribution in [0, 0.1) is 17.7 Å². The van der Waals surface area contributed by atoms with E-state index in [1.54, 1.807) is 4.90 Å². The van der Waals surface area contributed by atoms with Crippen LogP contribution in [0.4, 0.5) is 8.78 Å². The zero-order chi connectivity index (χ0) is 12.7. The van der Waals surface area contributed by atoms with Crippen LogP contribution in [0.2, 0.25) is 0 Å². The van der Waals surface area contributed by atoms with E-state index in [9.17, 15) is 13.6 Å². The van der Waals surface area contributed by atoms with Gasteiger partial charge in [-0.15, -0.1) is 0 Å². The summed E-state index contributed by atoms with van der Waals surface area (Å²) in [6, 6.07) is 1.47. The molecule has 2 fully saturated rings. The Morgan fingerprint density at radius 3 is 2.67 bits per heavy atom. The smallest absolute Gasteiger partial charge is 0.257 e. The monoisotopic (exact) mass is 252 g/mol. The minimum absolute atomic E-state index is 0.199. The van der Waals surface area contributed by atoms with Crippen molar-refractivity contribution < 1.29 is 13.6 Å². The van der Waals surface area contributed by atoms with Crippen LogP contribution in [0.1, 0.15) is 36.0 Å². The summed E-state index contributed by atoms with van der Waals surface area (Å²) >= 11 is 0. The summed E-state index contributed by atoms with van der Waals surface area (Å²) in [5, 5.41) is 0. The molecule has 0 unspecified atom stereocenters. The number of pyridine rings is 1. The molecule has 0 radical (unpaired) electrons. The highest BCUT2D eigenvalue weighted by molar-refractivity contribution is 5.94. The average Bonchev–Trinajstić information content (AvgIpc) is 3.22. The van der Waals surface area contributed by atoms with E-state index in [4.69, 9.17) is 0 Å². The van der Waals surface area contributed by atoms with Gasteiger partial charge < -0.3 is 4.90 Å². The fraction of sp³-hybridized carbons (Fsp3) is 0.538. The number of amides is 1. The molecule has 2 aliphatic rings. The third-order valence-corrected chi connectivity index (χ3v) is 3.48. The van der Waals surface area contributed by atoms with Gasteiger partial charge in [0.2, 0.25) is 5.95 Å². The van der Waals surface area contributed by atoms with Gasteiger partial charge in [-0.1, -0.05) is 0 Å².